The van der Waals surface area contributed by atoms with Crippen molar-refractivity contribution in [1.82, 2.24) is 4.98 Å². The van der Waals surface area contributed by atoms with Crippen molar-refractivity contribution in [3.05, 3.63) is 112 Å². The third-order valence-corrected chi connectivity index (χ3v) is 6.20. The van der Waals surface area contributed by atoms with Gasteiger partial charge in [-0.05, 0) is 67.3 Å². The maximum atomic E-state index is 11.2. The van der Waals surface area contributed by atoms with Crippen LogP contribution in [0.15, 0.2) is 84.9 Å². The lowest BCUT2D eigenvalue weighted by molar-refractivity contribution is -0.0477. The Bertz CT molecular complexity index is 1260. The smallest absolute Gasteiger partial charge is 0.0848 e. The lowest BCUT2D eigenvalue weighted by Crippen LogP contribution is -2.37. The summed E-state index contributed by atoms with van der Waals surface area (Å²) in [6.07, 6.45) is 3.70. The Morgan fingerprint density at radius 3 is 2.42 bits per heavy atom. The number of aromatic nitrogens is 1. The van der Waals surface area contributed by atoms with Crippen LogP contribution in [0.4, 0.5) is 0 Å². The van der Waals surface area contributed by atoms with Crippen molar-refractivity contribution in [3.63, 3.8) is 0 Å². The first-order valence-electron chi connectivity index (χ1n) is 11.1. The van der Waals surface area contributed by atoms with Gasteiger partial charge in [0.2, 0.25) is 0 Å². The molecule has 4 heteroatoms. The monoisotopic (exact) mass is 457 g/mol. The zero-order chi connectivity index (χ0) is 23.4. The number of aliphatic hydroxyl groups excluding tert-OH is 1. The van der Waals surface area contributed by atoms with Crippen LogP contribution in [0.25, 0.3) is 23.1 Å². The molecule has 0 amide bonds. The number of nitrogens with zero attached hydrogens (tertiary/aromatic N) is 1. The predicted molar refractivity (Wildman–Crippen MR) is 137 cm³/mol. The van der Waals surface area contributed by atoms with E-state index in [0.29, 0.717) is 11.4 Å². The van der Waals surface area contributed by atoms with E-state index in [1.54, 1.807) is 13.8 Å². The molecule has 3 aromatic carbocycles. The Labute approximate surface area is 200 Å². The molecule has 2 N–H and O–H groups in total. The summed E-state index contributed by atoms with van der Waals surface area (Å²) in [5.74, 6) is -0.356. The molecule has 4 rings (SSSR count). The zero-order valence-corrected chi connectivity index (χ0v) is 19.6. The van der Waals surface area contributed by atoms with Gasteiger partial charge >= 0.3 is 0 Å². The molecule has 0 bridgehead atoms. The van der Waals surface area contributed by atoms with Crippen molar-refractivity contribution in [3.8, 4) is 0 Å². The normalized spacial score (nSPS) is 14.0. The fourth-order valence-corrected chi connectivity index (χ4v) is 4.24. The van der Waals surface area contributed by atoms with Gasteiger partial charge in [-0.1, -0.05) is 78.3 Å². The SMILES string of the molecule is CC(C)(O)C(Cc1ccccc1)C(O)c1cccc(C=Cc2ccc3ccc(Cl)cc3n2)c1. The number of halogens is 1. The number of hydrogen-bond acceptors (Lipinski definition) is 3. The molecule has 3 nitrogen and oxygen atoms in total. The van der Waals surface area contributed by atoms with Crippen LogP contribution in [0.3, 0.4) is 0 Å². The number of aliphatic hydroxyl groups is 2. The minimum absolute atomic E-state index is 0.356. The highest BCUT2D eigenvalue weighted by Crippen LogP contribution is 2.34. The molecule has 0 spiro atoms. The summed E-state index contributed by atoms with van der Waals surface area (Å²) in [6, 6.07) is 27.4. The molecule has 1 aromatic heterocycles. The molecule has 168 valence electrons. The van der Waals surface area contributed by atoms with Gasteiger partial charge < -0.3 is 10.2 Å². The maximum absolute atomic E-state index is 11.2. The molecule has 0 saturated heterocycles. The second-order valence-corrected chi connectivity index (χ2v) is 9.41. The number of pyridine rings is 1. The summed E-state index contributed by atoms with van der Waals surface area (Å²) in [4.78, 5) is 4.66. The van der Waals surface area contributed by atoms with Gasteiger partial charge in [0, 0.05) is 16.3 Å². The van der Waals surface area contributed by atoms with Gasteiger partial charge in [-0.3, -0.25) is 0 Å². The fourth-order valence-electron chi connectivity index (χ4n) is 4.08. The average Bonchev–Trinajstić information content (AvgIpc) is 2.80. The third-order valence-electron chi connectivity index (χ3n) is 5.96. The highest BCUT2D eigenvalue weighted by molar-refractivity contribution is 6.31. The van der Waals surface area contributed by atoms with Gasteiger partial charge in [-0.2, -0.15) is 0 Å². The van der Waals surface area contributed by atoms with Gasteiger partial charge in [-0.25, -0.2) is 4.98 Å². The molecule has 0 aliphatic carbocycles. The minimum atomic E-state index is -1.04. The largest absolute Gasteiger partial charge is 0.390 e. The van der Waals surface area contributed by atoms with Gasteiger partial charge in [-0.15, -0.1) is 0 Å². The van der Waals surface area contributed by atoms with Crippen LogP contribution >= 0.6 is 11.6 Å². The highest BCUT2D eigenvalue weighted by atomic mass is 35.5. The topological polar surface area (TPSA) is 53.4 Å². The van der Waals surface area contributed by atoms with Crippen LogP contribution in [0, 0.1) is 5.92 Å². The Kier molecular flexibility index (Phi) is 6.94. The molecule has 0 radical (unpaired) electrons. The molecule has 0 fully saturated rings. The third kappa shape index (κ3) is 5.88. The first-order valence-corrected chi connectivity index (χ1v) is 11.5. The Morgan fingerprint density at radius 1 is 0.909 bits per heavy atom. The Balaban J connectivity index is 1.57. The van der Waals surface area contributed by atoms with E-state index >= 15 is 0 Å². The molecule has 0 aliphatic heterocycles. The van der Waals surface area contributed by atoms with Crippen LogP contribution in [-0.2, 0) is 6.42 Å². The summed E-state index contributed by atoms with van der Waals surface area (Å²) >= 11 is 6.10. The van der Waals surface area contributed by atoms with E-state index in [1.807, 2.05) is 97.1 Å². The molecular formula is C29H28ClNO2. The second-order valence-electron chi connectivity index (χ2n) is 8.97. The van der Waals surface area contributed by atoms with E-state index < -0.39 is 11.7 Å². The summed E-state index contributed by atoms with van der Waals surface area (Å²) in [5.41, 5.74) is 3.45. The highest BCUT2D eigenvalue weighted by Gasteiger charge is 2.34. The molecule has 4 aromatic rings. The van der Waals surface area contributed by atoms with Gasteiger partial charge in [0.1, 0.15) is 0 Å². The van der Waals surface area contributed by atoms with E-state index in [1.165, 1.54) is 0 Å². The summed E-state index contributed by atoms with van der Waals surface area (Å²) < 4.78 is 0. The maximum Gasteiger partial charge on any atom is 0.0848 e. The van der Waals surface area contributed by atoms with Crippen molar-refractivity contribution >= 4 is 34.7 Å². The molecule has 0 aliphatic rings. The minimum Gasteiger partial charge on any atom is -0.390 e. The number of rotatable bonds is 7. The summed E-state index contributed by atoms with van der Waals surface area (Å²) in [7, 11) is 0. The lowest BCUT2D eigenvalue weighted by Gasteiger charge is -2.34. The number of benzene rings is 3. The fraction of sp³-hybridized carbons (Fsp3) is 0.207. The standard InChI is InChI=1S/C29H28ClNO2/c1-29(2,33)26(18-20-7-4-3-5-8-20)28(32)23-10-6-9-21(17-23)11-15-25-16-13-22-12-14-24(30)19-27(22)31-25/h3-17,19,26,28,32-33H,18H2,1-2H3. The summed E-state index contributed by atoms with van der Waals surface area (Å²) in [5, 5.41) is 23.7. The van der Waals surface area contributed by atoms with Gasteiger partial charge in [0.25, 0.3) is 0 Å². The van der Waals surface area contributed by atoms with Crippen molar-refractivity contribution in [2.75, 3.05) is 0 Å². The van der Waals surface area contributed by atoms with Crippen LogP contribution in [-0.4, -0.2) is 20.8 Å². The van der Waals surface area contributed by atoms with Crippen molar-refractivity contribution in [1.29, 1.82) is 0 Å². The zero-order valence-electron chi connectivity index (χ0n) is 18.8. The van der Waals surface area contributed by atoms with E-state index in [-0.39, 0.29) is 5.92 Å². The molecule has 2 atom stereocenters. The molecule has 0 saturated carbocycles. The quantitative estimate of drug-likeness (QED) is 0.324. The van der Waals surface area contributed by atoms with E-state index in [4.69, 9.17) is 11.6 Å². The molecule has 1 heterocycles. The van der Waals surface area contributed by atoms with Crippen molar-refractivity contribution in [2.24, 2.45) is 5.92 Å². The van der Waals surface area contributed by atoms with Crippen LogP contribution in [0.2, 0.25) is 5.02 Å². The van der Waals surface area contributed by atoms with E-state index in [0.717, 1.165) is 33.3 Å². The summed E-state index contributed by atoms with van der Waals surface area (Å²) in [6.45, 7) is 3.51. The van der Waals surface area contributed by atoms with Crippen LogP contribution in [0.1, 0.15) is 42.3 Å². The molecule has 2 unspecified atom stereocenters. The lowest BCUT2D eigenvalue weighted by atomic mass is 9.79. The van der Waals surface area contributed by atoms with Crippen molar-refractivity contribution in [2.45, 2.75) is 32.0 Å². The van der Waals surface area contributed by atoms with E-state index in [2.05, 4.69) is 4.98 Å². The molecular weight excluding hydrogens is 430 g/mol. The second kappa shape index (κ2) is 9.88. The van der Waals surface area contributed by atoms with E-state index in [9.17, 15) is 10.2 Å². The number of hydrogen-bond donors (Lipinski definition) is 2. The van der Waals surface area contributed by atoms with Crippen LogP contribution in [0.5, 0.6) is 0 Å². The Hall–Kier alpha value is -2.98. The van der Waals surface area contributed by atoms with Crippen molar-refractivity contribution < 1.29 is 10.2 Å². The average molecular weight is 458 g/mol. The van der Waals surface area contributed by atoms with Crippen LogP contribution < -0.4 is 0 Å². The Morgan fingerprint density at radius 2 is 1.67 bits per heavy atom. The predicted octanol–water partition coefficient (Wildman–Crippen LogP) is 6.72. The first-order chi connectivity index (χ1) is 15.8. The molecule has 33 heavy (non-hydrogen) atoms. The van der Waals surface area contributed by atoms with Gasteiger partial charge in [0.05, 0.1) is 22.9 Å². The number of fused-ring (bicyclic) bond motifs is 1. The van der Waals surface area contributed by atoms with Gasteiger partial charge in [0.15, 0.2) is 0 Å². The first kappa shape index (κ1) is 23.2.